The number of benzene rings is 2. The highest BCUT2D eigenvalue weighted by Gasteiger charge is 2.25. The third-order valence-corrected chi connectivity index (χ3v) is 4.35. The van der Waals surface area contributed by atoms with Gasteiger partial charge in [0.1, 0.15) is 5.75 Å². The molecule has 1 heterocycles. The molecule has 0 bridgehead atoms. The van der Waals surface area contributed by atoms with E-state index in [1.165, 1.54) is 0 Å². The number of amides is 2. The summed E-state index contributed by atoms with van der Waals surface area (Å²) in [6.07, 6.45) is 0.949. The average Bonchev–Trinajstić information content (AvgIpc) is 2.64. The summed E-state index contributed by atoms with van der Waals surface area (Å²) in [6, 6.07) is 14.9. The number of carbonyl (C=O) groups is 2. The predicted octanol–water partition coefficient (Wildman–Crippen LogP) is 3.39. The lowest BCUT2D eigenvalue weighted by Crippen LogP contribution is -2.38. The lowest BCUT2D eigenvalue weighted by Gasteiger charge is -2.29. The normalized spacial score (nSPS) is 13.3. The molecule has 26 heavy (non-hydrogen) atoms. The van der Waals surface area contributed by atoms with Crippen LogP contribution in [0.5, 0.6) is 5.75 Å². The molecule has 5 heteroatoms. The molecule has 0 saturated carbocycles. The lowest BCUT2D eigenvalue weighted by molar-refractivity contribution is -0.121. The Kier molecular flexibility index (Phi) is 5.56. The highest BCUT2D eigenvalue weighted by molar-refractivity contribution is 5.98. The fourth-order valence-electron chi connectivity index (χ4n) is 2.90. The Hall–Kier alpha value is -2.82. The number of fused-ring (bicyclic) bond motifs is 1. The Bertz CT molecular complexity index is 801. The van der Waals surface area contributed by atoms with Gasteiger partial charge in [0.2, 0.25) is 0 Å². The Labute approximate surface area is 154 Å². The first-order valence-electron chi connectivity index (χ1n) is 8.94. The number of hydrogen-bond acceptors (Lipinski definition) is 3. The van der Waals surface area contributed by atoms with Crippen LogP contribution in [0.25, 0.3) is 0 Å². The fraction of sp³-hybridized carbons (Fsp3) is 0.333. The number of hydrogen-bond donors (Lipinski definition) is 1. The fourth-order valence-corrected chi connectivity index (χ4v) is 2.90. The summed E-state index contributed by atoms with van der Waals surface area (Å²) in [5.41, 5.74) is 2.28. The predicted molar refractivity (Wildman–Crippen MR) is 101 cm³/mol. The maximum atomic E-state index is 12.3. The monoisotopic (exact) mass is 352 g/mol. The van der Waals surface area contributed by atoms with Crippen molar-refractivity contribution in [2.24, 2.45) is 5.92 Å². The van der Waals surface area contributed by atoms with Gasteiger partial charge >= 0.3 is 0 Å². The first-order chi connectivity index (χ1) is 12.5. The van der Waals surface area contributed by atoms with Crippen molar-refractivity contribution in [1.29, 1.82) is 0 Å². The van der Waals surface area contributed by atoms with E-state index >= 15 is 0 Å². The van der Waals surface area contributed by atoms with E-state index in [2.05, 4.69) is 19.2 Å². The van der Waals surface area contributed by atoms with Gasteiger partial charge in [0, 0.05) is 12.1 Å². The molecule has 2 amide bonds. The molecular weight excluding hydrogens is 328 g/mol. The summed E-state index contributed by atoms with van der Waals surface area (Å²) in [7, 11) is 0. The van der Waals surface area contributed by atoms with Crippen LogP contribution in [0.15, 0.2) is 48.5 Å². The summed E-state index contributed by atoms with van der Waals surface area (Å²) in [4.78, 5) is 26.3. The summed E-state index contributed by atoms with van der Waals surface area (Å²) in [6.45, 7) is 5.36. The van der Waals surface area contributed by atoms with Crippen LogP contribution in [0.3, 0.4) is 0 Å². The van der Waals surface area contributed by atoms with Crippen LogP contribution in [0.1, 0.15) is 36.2 Å². The van der Waals surface area contributed by atoms with Crippen molar-refractivity contribution in [2.75, 3.05) is 18.1 Å². The molecule has 0 fully saturated rings. The van der Waals surface area contributed by atoms with Crippen molar-refractivity contribution < 1.29 is 14.3 Å². The number of rotatable bonds is 6. The first-order valence-corrected chi connectivity index (χ1v) is 8.94. The van der Waals surface area contributed by atoms with Crippen LogP contribution in [0.2, 0.25) is 0 Å². The van der Waals surface area contributed by atoms with E-state index in [1.807, 2.05) is 42.5 Å². The number of ether oxygens (including phenoxy) is 1. The minimum atomic E-state index is -0.0875. The molecule has 5 nitrogen and oxygen atoms in total. The van der Waals surface area contributed by atoms with Crippen LogP contribution in [-0.4, -0.2) is 25.0 Å². The third-order valence-electron chi connectivity index (χ3n) is 4.35. The number of carbonyl (C=O) groups excluding carboxylic acids is 2. The van der Waals surface area contributed by atoms with Gasteiger partial charge in [0.25, 0.3) is 11.8 Å². The Balaban J connectivity index is 1.73. The van der Waals surface area contributed by atoms with E-state index in [9.17, 15) is 9.59 Å². The maximum Gasteiger partial charge on any atom is 0.265 e. The quantitative estimate of drug-likeness (QED) is 0.867. The molecule has 1 aliphatic rings. The third kappa shape index (κ3) is 4.23. The molecule has 0 unspecified atom stereocenters. The number of anilines is 1. The van der Waals surface area contributed by atoms with Crippen molar-refractivity contribution in [3.05, 3.63) is 59.7 Å². The van der Waals surface area contributed by atoms with E-state index in [4.69, 9.17) is 4.74 Å². The molecule has 0 radical (unpaired) electrons. The minimum absolute atomic E-state index is 0.0341. The molecule has 136 valence electrons. The summed E-state index contributed by atoms with van der Waals surface area (Å²) in [5.74, 6) is 1.08. The Morgan fingerprint density at radius 2 is 2.00 bits per heavy atom. The Morgan fingerprint density at radius 3 is 2.81 bits per heavy atom. The zero-order valence-corrected chi connectivity index (χ0v) is 15.2. The summed E-state index contributed by atoms with van der Waals surface area (Å²) >= 11 is 0. The second-order valence-electron chi connectivity index (χ2n) is 6.88. The molecule has 1 aliphatic heterocycles. The van der Waals surface area contributed by atoms with Gasteiger partial charge in [0.15, 0.2) is 6.61 Å². The molecule has 0 spiro atoms. The second kappa shape index (κ2) is 8.04. The lowest BCUT2D eigenvalue weighted by atomic mass is 10.1. The Morgan fingerprint density at radius 1 is 1.19 bits per heavy atom. The van der Waals surface area contributed by atoms with E-state index in [-0.39, 0.29) is 18.4 Å². The van der Waals surface area contributed by atoms with E-state index in [0.29, 0.717) is 30.3 Å². The minimum Gasteiger partial charge on any atom is -0.482 e. The molecule has 1 N–H and O–H groups in total. The smallest absolute Gasteiger partial charge is 0.265 e. The van der Waals surface area contributed by atoms with Gasteiger partial charge in [-0.05, 0) is 42.2 Å². The largest absolute Gasteiger partial charge is 0.482 e. The van der Waals surface area contributed by atoms with Crippen molar-refractivity contribution in [3.63, 3.8) is 0 Å². The maximum absolute atomic E-state index is 12.3. The van der Waals surface area contributed by atoms with Crippen molar-refractivity contribution in [3.8, 4) is 5.75 Å². The van der Waals surface area contributed by atoms with Crippen LogP contribution in [-0.2, 0) is 11.3 Å². The zero-order chi connectivity index (χ0) is 18.5. The van der Waals surface area contributed by atoms with E-state index < -0.39 is 0 Å². The standard InChI is InChI=1S/C21H24N2O3/c1-15(2)10-11-22-21(25)17-7-5-6-16(12-17)13-23-18-8-3-4-9-19(18)26-14-20(23)24/h3-9,12,15H,10-11,13-14H2,1-2H3,(H,22,25). The molecule has 2 aromatic rings. The van der Waals surface area contributed by atoms with Gasteiger partial charge in [0.05, 0.1) is 12.2 Å². The highest BCUT2D eigenvalue weighted by Crippen LogP contribution is 2.32. The summed E-state index contributed by atoms with van der Waals surface area (Å²) in [5, 5.41) is 2.95. The zero-order valence-electron chi connectivity index (χ0n) is 15.2. The van der Waals surface area contributed by atoms with Gasteiger partial charge in [-0.25, -0.2) is 0 Å². The van der Waals surface area contributed by atoms with Gasteiger partial charge in [-0.2, -0.15) is 0 Å². The van der Waals surface area contributed by atoms with E-state index in [1.54, 1.807) is 11.0 Å². The first kappa shape index (κ1) is 18.0. The van der Waals surface area contributed by atoms with Crippen molar-refractivity contribution in [1.82, 2.24) is 5.32 Å². The molecule has 0 aromatic heterocycles. The van der Waals surface area contributed by atoms with Gasteiger partial charge < -0.3 is 15.0 Å². The van der Waals surface area contributed by atoms with Gasteiger partial charge in [-0.15, -0.1) is 0 Å². The topological polar surface area (TPSA) is 58.6 Å². The summed E-state index contributed by atoms with van der Waals surface area (Å²) < 4.78 is 5.47. The van der Waals surface area contributed by atoms with Crippen molar-refractivity contribution >= 4 is 17.5 Å². The molecule has 0 aliphatic carbocycles. The van der Waals surface area contributed by atoms with Gasteiger partial charge in [-0.3, -0.25) is 9.59 Å². The van der Waals surface area contributed by atoms with Crippen LogP contribution in [0, 0.1) is 5.92 Å². The molecule has 2 aromatic carbocycles. The molecule has 0 saturated heterocycles. The average molecular weight is 352 g/mol. The number of para-hydroxylation sites is 2. The van der Waals surface area contributed by atoms with Crippen LogP contribution >= 0.6 is 0 Å². The molecular formula is C21H24N2O3. The number of nitrogens with one attached hydrogen (secondary N) is 1. The van der Waals surface area contributed by atoms with Crippen LogP contribution in [0.4, 0.5) is 5.69 Å². The second-order valence-corrected chi connectivity index (χ2v) is 6.88. The molecule has 3 rings (SSSR count). The molecule has 0 atom stereocenters. The highest BCUT2D eigenvalue weighted by atomic mass is 16.5. The van der Waals surface area contributed by atoms with Gasteiger partial charge in [-0.1, -0.05) is 38.1 Å². The van der Waals surface area contributed by atoms with E-state index in [0.717, 1.165) is 17.7 Å². The van der Waals surface area contributed by atoms with Crippen molar-refractivity contribution in [2.45, 2.75) is 26.8 Å². The SMILES string of the molecule is CC(C)CCNC(=O)c1cccc(CN2C(=O)COc3ccccc32)c1. The van der Waals surface area contributed by atoms with Crippen LogP contribution < -0.4 is 15.0 Å². The number of nitrogens with zero attached hydrogens (tertiary/aromatic N) is 1.